The van der Waals surface area contributed by atoms with Gasteiger partial charge in [0.2, 0.25) is 5.91 Å². The summed E-state index contributed by atoms with van der Waals surface area (Å²) in [6.45, 7) is 5.96. The Morgan fingerprint density at radius 3 is 2.56 bits per heavy atom. The van der Waals surface area contributed by atoms with Crippen LogP contribution in [0.5, 0.6) is 0 Å². The van der Waals surface area contributed by atoms with E-state index in [0.29, 0.717) is 0 Å². The van der Waals surface area contributed by atoms with Gasteiger partial charge in [-0.1, -0.05) is 13.8 Å². The number of nitrogens with zero attached hydrogens (tertiary/aromatic N) is 2. The minimum absolute atomic E-state index is 0.201. The van der Waals surface area contributed by atoms with Gasteiger partial charge in [0.05, 0.1) is 11.7 Å². The summed E-state index contributed by atoms with van der Waals surface area (Å²) in [4.78, 5) is 11.0. The summed E-state index contributed by atoms with van der Waals surface area (Å²) in [7, 11) is 0. The molecule has 0 fully saturated rings. The molecule has 90 valence electrons. The summed E-state index contributed by atoms with van der Waals surface area (Å²) in [5.41, 5.74) is 13.0. The van der Waals surface area contributed by atoms with Crippen LogP contribution in [-0.4, -0.2) is 21.7 Å². The van der Waals surface area contributed by atoms with E-state index in [1.807, 2.05) is 24.6 Å². The fourth-order valence-electron chi connectivity index (χ4n) is 1.67. The minimum Gasteiger partial charge on any atom is -0.368 e. The first-order valence-electron chi connectivity index (χ1n) is 5.63. The minimum atomic E-state index is -0.699. The Morgan fingerprint density at radius 1 is 1.50 bits per heavy atom. The summed E-state index contributed by atoms with van der Waals surface area (Å²) in [6.07, 6.45) is 1.74. The summed E-state index contributed by atoms with van der Waals surface area (Å²) in [6, 6.07) is 1.15. The molecule has 2 unspecified atom stereocenters. The first-order chi connectivity index (χ1) is 7.51. The standard InChI is InChI=1S/C11H20N4O/c1-4-8-6-9(5-2)15(14-8)7(3)10(12)11(13)16/h6-7,10H,4-5,12H2,1-3H3,(H2,13,16). The van der Waals surface area contributed by atoms with E-state index in [9.17, 15) is 4.79 Å². The van der Waals surface area contributed by atoms with Crippen LogP contribution in [0.2, 0.25) is 0 Å². The second-order valence-corrected chi connectivity index (χ2v) is 3.95. The zero-order chi connectivity index (χ0) is 12.3. The van der Waals surface area contributed by atoms with E-state index >= 15 is 0 Å². The topological polar surface area (TPSA) is 86.9 Å². The molecule has 0 aliphatic rings. The monoisotopic (exact) mass is 224 g/mol. The van der Waals surface area contributed by atoms with Crippen molar-refractivity contribution in [3.63, 3.8) is 0 Å². The Bertz CT molecular complexity index is 372. The van der Waals surface area contributed by atoms with Crippen LogP contribution in [0.3, 0.4) is 0 Å². The molecule has 0 bridgehead atoms. The third kappa shape index (κ3) is 2.41. The molecule has 16 heavy (non-hydrogen) atoms. The number of primary amides is 1. The van der Waals surface area contributed by atoms with Gasteiger partial charge in [0.15, 0.2) is 0 Å². The molecular formula is C11H20N4O. The highest BCUT2D eigenvalue weighted by molar-refractivity contribution is 5.80. The fraction of sp³-hybridized carbons (Fsp3) is 0.636. The van der Waals surface area contributed by atoms with E-state index in [1.165, 1.54) is 0 Å². The number of aryl methyl sites for hydroxylation is 2. The molecule has 1 aromatic heterocycles. The molecule has 1 amide bonds. The maximum absolute atomic E-state index is 11.0. The number of carbonyl (C=O) groups is 1. The van der Waals surface area contributed by atoms with E-state index in [1.54, 1.807) is 0 Å². The largest absolute Gasteiger partial charge is 0.368 e. The summed E-state index contributed by atoms with van der Waals surface area (Å²) in [5.74, 6) is -0.497. The van der Waals surface area contributed by atoms with Crippen LogP contribution in [0.15, 0.2) is 6.07 Å². The quantitative estimate of drug-likeness (QED) is 0.758. The molecule has 5 nitrogen and oxygen atoms in total. The molecule has 0 aliphatic heterocycles. The Morgan fingerprint density at radius 2 is 2.12 bits per heavy atom. The van der Waals surface area contributed by atoms with Crippen LogP contribution < -0.4 is 11.5 Å². The first kappa shape index (κ1) is 12.7. The lowest BCUT2D eigenvalue weighted by Crippen LogP contribution is -2.43. The van der Waals surface area contributed by atoms with Crippen molar-refractivity contribution in [2.45, 2.75) is 45.7 Å². The van der Waals surface area contributed by atoms with Gasteiger partial charge in [0.25, 0.3) is 0 Å². The molecule has 1 heterocycles. The average molecular weight is 224 g/mol. The Balaban J connectivity index is 3.01. The average Bonchev–Trinajstić information content (AvgIpc) is 2.69. The predicted octanol–water partition coefficient (Wildman–Crippen LogP) is 0.382. The van der Waals surface area contributed by atoms with Crippen molar-refractivity contribution in [3.05, 3.63) is 17.5 Å². The molecule has 2 atom stereocenters. The van der Waals surface area contributed by atoms with Crippen LogP contribution in [0.25, 0.3) is 0 Å². The Labute approximate surface area is 95.8 Å². The number of rotatable bonds is 5. The molecule has 0 saturated carbocycles. The van der Waals surface area contributed by atoms with Crippen molar-refractivity contribution in [1.29, 1.82) is 0 Å². The third-order valence-electron chi connectivity index (χ3n) is 2.82. The second-order valence-electron chi connectivity index (χ2n) is 3.95. The van der Waals surface area contributed by atoms with Crippen molar-refractivity contribution in [2.75, 3.05) is 0 Å². The predicted molar refractivity (Wildman–Crippen MR) is 62.9 cm³/mol. The van der Waals surface area contributed by atoms with E-state index < -0.39 is 11.9 Å². The molecule has 0 aromatic carbocycles. The molecule has 1 aromatic rings. The van der Waals surface area contributed by atoms with Crippen LogP contribution in [-0.2, 0) is 17.6 Å². The van der Waals surface area contributed by atoms with Crippen LogP contribution in [0, 0.1) is 0 Å². The van der Waals surface area contributed by atoms with E-state index in [4.69, 9.17) is 11.5 Å². The van der Waals surface area contributed by atoms with E-state index in [-0.39, 0.29) is 6.04 Å². The highest BCUT2D eigenvalue weighted by Crippen LogP contribution is 2.15. The molecule has 4 N–H and O–H groups in total. The maximum Gasteiger partial charge on any atom is 0.236 e. The number of aromatic nitrogens is 2. The molecule has 1 rings (SSSR count). The number of amides is 1. The highest BCUT2D eigenvalue weighted by atomic mass is 16.1. The molecule has 0 saturated heterocycles. The number of carbonyl (C=O) groups excluding carboxylic acids is 1. The molecule has 0 aliphatic carbocycles. The van der Waals surface area contributed by atoms with E-state index in [2.05, 4.69) is 12.0 Å². The second kappa shape index (κ2) is 5.12. The lowest BCUT2D eigenvalue weighted by molar-refractivity contribution is -0.120. The SMILES string of the molecule is CCc1cc(CC)n(C(C)C(N)C(N)=O)n1. The van der Waals surface area contributed by atoms with Crippen LogP contribution in [0.4, 0.5) is 0 Å². The van der Waals surface area contributed by atoms with Gasteiger partial charge in [-0.05, 0) is 25.8 Å². The lowest BCUT2D eigenvalue weighted by Gasteiger charge is -2.19. The van der Waals surface area contributed by atoms with E-state index in [0.717, 1.165) is 24.2 Å². The Kier molecular flexibility index (Phi) is 4.06. The van der Waals surface area contributed by atoms with Crippen molar-refractivity contribution in [3.8, 4) is 0 Å². The van der Waals surface area contributed by atoms with Crippen LogP contribution in [0.1, 0.15) is 38.2 Å². The molecule has 5 heteroatoms. The van der Waals surface area contributed by atoms with Gasteiger partial charge in [-0.2, -0.15) is 5.10 Å². The third-order valence-corrected chi connectivity index (χ3v) is 2.82. The van der Waals surface area contributed by atoms with Crippen LogP contribution >= 0.6 is 0 Å². The lowest BCUT2D eigenvalue weighted by atomic mass is 10.1. The normalized spacial score (nSPS) is 14.8. The molecule has 0 radical (unpaired) electrons. The molecule has 0 spiro atoms. The van der Waals surface area contributed by atoms with Crippen molar-refractivity contribution in [2.24, 2.45) is 11.5 Å². The van der Waals surface area contributed by atoms with Crippen molar-refractivity contribution >= 4 is 5.91 Å². The Hall–Kier alpha value is -1.36. The van der Waals surface area contributed by atoms with Gasteiger partial charge in [-0.15, -0.1) is 0 Å². The van der Waals surface area contributed by atoms with Gasteiger partial charge >= 0.3 is 0 Å². The van der Waals surface area contributed by atoms with Crippen molar-refractivity contribution < 1.29 is 4.79 Å². The van der Waals surface area contributed by atoms with Gasteiger partial charge in [-0.3, -0.25) is 9.48 Å². The number of nitrogens with two attached hydrogens (primary N) is 2. The summed E-state index contributed by atoms with van der Waals surface area (Å²) >= 11 is 0. The smallest absolute Gasteiger partial charge is 0.236 e. The zero-order valence-electron chi connectivity index (χ0n) is 10.1. The summed E-state index contributed by atoms with van der Waals surface area (Å²) < 4.78 is 1.81. The van der Waals surface area contributed by atoms with Gasteiger partial charge in [0, 0.05) is 5.69 Å². The molecular weight excluding hydrogens is 204 g/mol. The number of hydrogen-bond donors (Lipinski definition) is 2. The van der Waals surface area contributed by atoms with Gasteiger partial charge in [0.1, 0.15) is 6.04 Å². The van der Waals surface area contributed by atoms with Crippen molar-refractivity contribution in [1.82, 2.24) is 9.78 Å². The highest BCUT2D eigenvalue weighted by Gasteiger charge is 2.22. The maximum atomic E-state index is 11.0. The number of hydrogen-bond acceptors (Lipinski definition) is 3. The first-order valence-corrected chi connectivity index (χ1v) is 5.63. The fourth-order valence-corrected chi connectivity index (χ4v) is 1.67. The van der Waals surface area contributed by atoms with Gasteiger partial charge < -0.3 is 11.5 Å². The summed E-state index contributed by atoms with van der Waals surface area (Å²) in [5, 5.41) is 4.43. The van der Waals surface area contributed by atoms with Gasteiger partial charge in [-0.25, -0.2) is 0 Å². The zero-order valence-corrected chi connectivity index (χ0v) is 10.1.